The molecule has 0 radical (unpaired) electrons. The van der Waals surface area contributed by atoms with Crippen LogP contribution in [0.3, 0.4) is 0 Å². The third kappa shape index (κ3) is 5.29. The molecule has 0 aliphatic rings. The lowest BCUT2D eigenvalue weighted by Gasteiger charge is -2.13. The minimum Gasteiger partial charge on any atom is -0.325 e. The molecule has 0 fully saturated rings. The highest BCUT2D eigenvalue weighted by atomic mass is 32.2. The smallest absolute Gasteiger partial charge is 0.242 e. The van der Waals surface area contributed by atoms with E-state index in [1.54, 1.807) is 0 Å². The Kier molecular flexibility index (Phi) is 6.42. The van der Waals surface area contributed by atoms with Gasteiger partial charge in [-0.05, 0) is 17.7 Å². The van der Waals surface area contributed by atoms with E-state index in [4.69, 9.17) is 11.0 Å². The van der Waals surface area contributed by atoms with Gasteiger partial charge in [-0.3, -0.25) is 4.79 Å². The molecule has 1 amide bonds. The normalized spacial score (nSPS) is 12.3. The van der Waals surface area contributed by atoms with Crippen molar-refractivity contribution < 1.29 is 4.79 Å². The fraction of sp³-hybridized carbons (Fsp3) is 0.111. The molecule has 2 aromatic carbocycles. The van der Waals surface area contributed by atoms with Gasteiger partial charge in [0, 0.05) is 22.4 Å². The van der Waals surface area contributed by atoms with E-state index in [1.165, 1.54) is 17.8 Å². The quantitative estimate of drug-likeness (QED) is 0.800. The molecule has 0 aromatic heterocycles. The van der Waals surface area contributed by atoms with E-state index in [0.717, 1.165) is 10.5 Å². The van der Waals surface area contributed by atoms with Crippen LogP contribution in [0.2, 0.25) is 0 Å². The summed E-state index contributed by atoms with van der Waals surface area (Å²) in [6, 6.07) is 20.1. The van der Waals surface area contributed by atoms with Crippen molar-refractivity contribution in [3.8, 4) is 6.07 Å². The third-order valence-corrected chi connectivity index (χ3v) is 4.24. The summed E-state index contributed by atoms with van der Waals surface area (Å²) in [6.45, 7) is 0. The van der Waals surface area contributed by atoms with Gasteiger partial charge in [0.2, 0.25) is 5.91 Å². The van der Waals surface area contributed by atoms with Crippen LogP contribution in [-0.4, -0.2) is 17.7 Å². The number of thioether (sulfide) groups is 1. The number of hydrogen-bond donors (Lipinski definition) is 2. The minimum absolute atomic E-state index is 0.243. The van der Waals surface area contributed by atoms with Crippen molar-refractivity contribution in [1.82, 2.24) is 0 Å². The topological polar surface area (TPSA) is 78.9 Å². The third-order valence-electron chi connectivity index (χ3n) is 3.05. The van der Waals surface area contributed by atoms with Gasteiger partial charge < -0.3 is 11.1 Å². The fourth-order valence-corrected chi connectivity index (χ4v) is 2.83. The lowest BCUT2D eigenvalue weighted by atomic mass is 10.2. The van der Waals surface area contributed by atoms with Crippen molar-refractivity contribution in [3.05, 3.63) is 72.3 Å². The van der Waals surface area contributed by atoms with Gasteiger partial charge in [-0.25, -0.2) is 0 Å². The summed E-state index contributed by atoms with van der Waals surface area (Å²) < 4.78 is 0. The Morgan fingerprint density at radius 3 is 2.39 bits per heavy atom. The largest absolute Gasteiger partial charge is 0.325 e. The number of carbonyl (C=O) groups is 1. The number of benzene rings is 2. The number of nitrogens with one attached hydrogen (secondary N) is 1. The lowest BCUT2D eigenvalue weighted by molar-refractivity contribution is -0.116. The van der Waals surface area contributed by atoms with Crippen molar-refractivity contribution in [2.75, 3.05) is 11.1 Å². The summed E-state index contributed by atoms with van der Waals surface area (Å²) in [5, 5.41) is 11.7. The highest BCUT2D eigenvalue weighted by Gasteiger charge is 2.15. The highest BCUT2D eigenvalue weighted by Crippen LogP contribution is 2.27. The number of nitriles is 1. The van der Waals surface area contributed by atoms with Gasteiger partial charge in [0.05, 0.1) is 12.1 Å². The molecule has 2 rings (SSSR count). The van der Waals surface area contributed by atoms with Crippen LogP contribution in [0.5, 0.6) is 0 Å². The zero-order valence-corrected chi connectivity index (χ0v) is 13.3. The molecule has 3 N–H and O–H groups in total. The van der Waals surface area contributed by atoms with Gasteiger partial charge in [-0.2, -0.15) is 5.26 Å². The Balaban J connectivity index is 1.94. The number of allylic oxidation sites excluding steroid dienone is 1. The first kappa shape index (κ1) is 16.8. The standard InChI is InChI=1S/C18H17N3OS/c19-12-11-17(14-7-3-1-4-8-14)23-13-16(20)18(22)21-15-9-5-2-6-10-15/h1-11,16H,13,20H2,(H,21,22)/b17-11+. The predicted molar refractivity (Wildman–Crippen MR) is 95.5 cm³/mol. The number of anilines is 1. The van der Waals surface area contributed by atoms with Crippen LogP contribution in [0.25, 0.3) is 4.91 Å². The van der Waals surface area contributed by atoms with Crippen LogP contribution < -0.4 is 11.1 Å². The molecule has 116 valence electrons. The Morgan fingerprint density at radius 1 is 1.17 bits per heavy atom. The monoisotopic (exact) mass is 323 g/mol. The van der Waals surface area contributed by atoms with Crippen molar-refractivity contribution in [3.63, 3.8) is 0 Å². The maximum atomic E-state index is 12.1. The molecule has 5 heteroatoms. The molecule has 1 unspecified atom stereocenters. The van der Waals surface area contributed by atoms with Gasteiger partial charge in [-0.1, -0.05) is 48.5 Å². The van der Waals surface area contributed by atoms with Crippen LogP contribution in [0, 0.1) is 11.3 Å². The second-order valence-corrected chi connectivity index (χ2v) is 5.84. The molecule has 0 saturated carbocycles. The molecular weight excluding hydrogens is 306 g/mol. The highest BCUT2D eigenvalue weighted by molar-refractivity contribution is 8.08. The SMILES string of the molecule is N#C/C=C(/SCC(N)C(=O)Nc1ccccc1)c1ccccc1. The van der Waals surface area contributed by atoms with Gasteiger partial charge in [0.25, 0.3) is 0 Å². The first-order valence-corrected chi connectivity index (χ1v) is 8.09. The molecule has 2 aromatic rings. The van der Waals surface area contributed by atoms with Crippen molar-refractivity contribution in [2.45, 2.75) is 6.04 Å². The lowest BCUT2D eigenvalue weighted by Crippen LogP contribution is -2.37. The molecule has 0 bridgehead atoms. The van der Waals surface area contributed by atoms with E-state index in [-0.39, 0.29) is 5.91 Å². The van der Waals surface area contributed by atoms with E-state index in [2.05, 4.69) is 5.32 Å². The molecule has 0 aliphatic heterocycles. The molecule has 0 spiro atoms. The number of para-hydroxylation sites is 1. The number of nitrogens with two attached hydrogens (primary N) is 1. The zero-order chi connectivity index (χ0) is 16.5. The van der Waals surface area contributed by atoms with E-state index in [0.29, 0.717) is 11.4 Å². The minimum atomic E-state index is -0.661. The molecule has 0 aliphatic carbocycles. The Morgan fingerprint density at radius 2 is 1.78 bits per heavy atom. The summed E-state index contributed by atoms with van der Waals surface area (Å²) in [5.74, 6) is 0.147. The van der Waals surface area contributed by atoms with Crippen molar-refractivity contribution in [1.29, 1.82) is 5.26 Å². The van der Waals surface area contributed by atoms with Gasteiger partial charge in [0.15, 0.2) is 0 Å². The van der Waals surface area contributed by atoms with Crippen LogP contribution in [0.15, 0.2) is 66.7 Å². The fourth-order valence-electron chi connectivity index (χ4n) is 1.88. The van der Waals surface area contributed by atoms with Crippen LogP contribution in [-0.2, 0) is 4.79 Å². The van der Waals surface area contributed by atoms with E-state index in [1.807, 2.05) is 66.7 Å². The van der Waals surface area contributed by atoms with Crippen LogP contribution in [0.1, 0.15) is 5.56 Å². The zero-order valence-electron chi connectivity index (χ0n) is 12.5. The van der Waals surface area contributed by atoms with Gasteiger partial charge in [-0.15, -0.1) is 11.8 Å². The second kappa shape index (κ2) is 8.79. The summed E-state index contributed by atoms with van der Waals surface area (Å²) in [4.78, 5) is 12.9. The summed E-state index contributed by atoms with van der Waals surface area (Å²) in [7, 11) is 0. The molecule has 23 heavy (non-hydrogen) atoms. The maximum Gasteiger partial charge on any atom is 0.242 e. The van der Waals surface area contributed by atoms with Crippen LogP contribution >= 0.6 is 11.8 Å². The molecule has 4 nitrogen and oxygen atoms in total. The maximum absolute atomic E-state index is 12.1. The Hall–Kier alpha value is -2.55. The number of nitrogens with zero attached hydrogens (tertiary/aromatic N) is 1. The first-order chi connectivity index (χ1) is 11.2. The molecule has 0 saturated heterocycles. The Labute approximate surface area is 140 Å². The summed E-state index contributed by atoms with van der Waals surface area (Å²) in [5.41, 5.74) is 7.60. The number of rotatable bonds is 6. The number of amides is 1. The number of carbonyl (C=O) groups excluding carboxylic acids is 1. The Bertz CT molecular complexity index is 708. The summed E-state index contributed by atoms with van der Waals surface area (Å²) >= 11 is 1.40. The average Bonchev–Trinajstić information content (AvgIpc) is 2.60. The molecule has 1 atom stereocenters. The van der Waals surface area contributed by atoms with Gasteiger partial charge >= 0.3 is 0 Å². The van der Waals surface area contributed by atoms with E-state index in [9.17, 15) is 4.79 Å². The first-order valence-electron chi connectivity index (χ1n) is 7.10. The van der Waals surface area contributed by atoms with E-state index < -0.39 is 6.04 Å². The number of hydrogen-bond acceptors (Lipinski definition) is 4. The van der Waals surface area contributed by atoms with Gasteiger partial charge in [0.1, 0.15) is 0 Å². The summed E-state index contributed by atoms with van der Waals surface area (Å²) in [6.07, 6.45) is 1.47. The average molecular weight is 323 g/mol. The molecular formula is C18H17N3OS. The molecule has 0 heterocycles. The van der Waals surface area contributed by atoms with E-state index >= 15 is 0 Å². The predicted octanol–water partition coefficient (Wildman–Crippen LogP) is 3.25. The van der Waals surface area contributed by atoms with Crippen molar-refractivity contribution in [2.24, 2.45) is 5.73 Å². The second-order valence-electron chi connectivity index (χ2n) is 4.78. The van der Waals surface area contributed by atoms with Crippen LogP contribution in [0.4, 0.5) is 5.69 Å². The van der Waals surface area contributed by atoms with Crippen molar-refractivity contribution >= 4 is 28.3 Å².